The highest BCUT2D eigenvalue weighted by Crippen LogP contribution is 2.17. The van der Waals surface area contributed by atoms with E-state index in [0.717, 1.165) is 25.2 Å². The first-order valence-electron chi connectivity index (χ1n) is 6.41. The van der Waals surface area contributed by atoms with Crippen LogP contribution in [0.2, 0.25) is 5.02 Å². The molecule has 0 aromatic heterocycles. The minimum Gasteiger partial charge on any atom is -0.393 e. The van der Waals surface area contributed by atoms with Gasteiger partial charge in [-0.05, 0) is 43.6 Å². The van der Waals surface area contributed by atoms with E-state index in [1.807, 2.05) is 0 Å². The molecule has 1 atom stereocenters. The molecule has 0 amide bonds. The molecule has 1 rings (SSSR count). The smallest absolute Gasteiger partial charge is 0.142 e. The topological polar surface area (TPSA) is 23.5 Å². The Morgan fingerprint density at radius 2 is 2.00 bits per heavy atom. The predicted molar refractivity (Wildman–Crippen MR) is 73.5 cm³/mol. The Kier molecular flexibility index (Phi) is 6.61. The summed E-state index contributed by atoms with van der Waals surface area (Å²) in [6.07, 6.45) is 0.729. The van der Waals surface area contributed by atoms with Gasteiger partial charge in [-0.15, -0.1) is 0 Å². The first-order chi connectivity index (χ1) is 8.56. The van der Waals surface area contributed by atoms with Gasteiger partial charge in [-0.1, -0.05) is 31.5 Å². The largest absolute Gasteiger partial charge is 0.393 e. The molecule has 0 saturated carbocycles. The first kappa shape index (κ1) is 15.4. The van der Waals surface area contributed by atoms with E-state index in [-0.39, 0.29) is 5.02 Å². The fourth-order valence-electron chi connectivity index (χ4n) is 1.91. The summed E-state index contributed by atoms with van der Waals surface area (Å²) in [5.41, 5.74) is 0.781. The molecular weight excluding hydrogens is 253 g/mol. The summed E-state index contributed by atoms with van der Waals surface area (Å²) in [7, 11) is 0. The molecule has 1 aromatic rings. The number of hydrogen-bond donors (Lipinski definition) is 1. The van der Waals surface area contributed by atoms with Crippen LogP contribution < -0.4 is 0 Å². The molecule has 1 unspecified atom stereocenters. The van der Waals surface area contributed by atoms with Gasteiger partial charge < -0.3 is 10.0 Å². The second kappa shape index (κ2) is 7.72. The number of aliphatic hydroxyl groups is 1. The van der Waals surface area contributed by atoms with Crippen molar-refractivity contribution in [2.24, 2.45) is 0 Å². The van der Waals surface area contributed by atoms with Crippen LogP contribution >= 0.6 is 11.6 Å². The monoisotopic (exact) mass is 273 g/mol. The average molecular weight is 274 g/mol. The third kappa shape index (κ3) is 4.92. The van der Waals surface area contributed by atoms with Crippen LogP contribution in [0.4, 0.5) is 4.39 Å². The summed E-state index contributed by atoms with van der Waals surface area (Å²) in [5.74, 6) is -0.426. The molecule has 0 aliphatic heterocycles. The Balaban J connectivity index is 2.44. The molecule has 1 aromatic carbocycles. The number of rotatable bonds is 7. The van der Waals surface area contributed by atoms with Crippen LogP contribution in [-0.4, -0.2) is 35.7 Å². The van der Waals surface area contributed by atoms with Gasteiger partial charge in [-0.2, -0.15) is 0 Å². The van der Waals surface area contributed by atoms with Crippen molar-refractivity contribution in [2.75, 3.05) is 19.6 Å². The van der Waals surface area contributed by atoms with Gasteiger partial charge in [0, 0.05) is 6.54 Å². The third-order valence-electron chi connectivity index (χ3n) is 3.13. The van der Waals surface area contributed by atoms with Crippen molar-refractivity contribution < 1.29 is 9.50 Å². The molecule has 0 saturated heterocycles. The number of benzene rings is 1. The summed E-state index contributed by atoms with van der Waals surface area (Å²) in [6.45, 7) is 7.04. The summed E-state index contributed by atoms with van der Waals surface area (Å²) in [6, 6.07) is 4.68. The van der Waals surface area contributed by atoms with Crippen LogP contribution in [0, 0.1) is 5.82 Å². The first-order valence-corrected chi connectivity index (χ1v) is 6.79. The lowest BCUT2D eigenvalue weighted by molar-refractivity contribution is 0.143. The fraction of sp³-hybridized carbons (Fsp3) is 0.571. The van der Waals surface area contributed by atoms with E-state index in [4.69, 9.17) is 11.6 Å². The van der Waals surface area contributed by atoms with Gasteiger partial charge >= 0.3 is 0 Å². The molecule has 0 aliphatic carbocycles. The van der Waals surface area contributed by atoms with E-state index < -0.39 is 11.9 Å². The number of nitrogens with zero attached hydrogens (tertiary/aromatic N) is 1. The van der Waals surface area contributed by atoms with Gasteiger partial charge in [0.25, 0.3) is 0 Å². The summed E-state index contributed by atoms with van der Waals surface area (Å²) < 4.78 is 13.2. The van der Waals surface area contributed by atoms with Crippen LogP contribution in [-0.2, 0) is 6.42 Å². The standard InChI is InChI=1S/C14H21ClFNO/c1-3-17(4-2)8-7-12(18)9-11-5-6-13(15)14(16)10-11/h5-6,10,12,18H,3-4,7-9H2,1-2H3. The van der Waals surface area contributed by atoms with Gasteiger partial charge in [-0.3, -0.25) is 0 Å². The summed E-state index contributed by atoms with van der Waals surface area (Å²) in [4.78, 5) is 2.26. The van der Waals surface area contributed by atoms with Crippen LogP contribution in [0.1, 0.15) is 25.8 Å². The van der Waals surface area contributed by atoms with E-state index in [1.165, 1.54) is 12.1 Å². The van der Waals surface area contributed by atoms with Gasteiger partial charge in [-0.25, -0.2) is 4.39 Å². The van der Waals surface area contributed by atoms with Crippen molar-refractivity contribution in [3.8, 4) is 0 Å². The molecule has 0 heterocycles. The average Bonchev–Trinajstić information content (AvgIpc) is 2.35. The van der Waals surface area contributed by atoms with E-state index in [9.17, 15) is 9.50 Å². The van der Waals surface area contributed by atoms with Crippen molar-refractivity contribution in [3.05, 3.63) is 34.6 Å². The third-order valence-corrected chi connectivity index (χ3v) is 3.43. The van der Waals surface area contributed by atoms with Gasteiger partial charge in [0.15, 0.2) is 0 Å². The molecule has 0 radical (unpaired) electrons. The van der Waals surface area contributed by atoms with Crippen molar-refractivity contribution in [2.45, 2.75) is 32.8 Å². The number of halogens is 2. The Morgan fingerprint density at radius 3 is 2.56 bits per heavy atom. The van der Waals surface area contributed by atoms with Crippen LogP contribution in [0.3, 0.4) is 0 Å². The van der Waals surface area contributed by atoms with E-state index >= 15 is 0 Å². The van der Waals surface area contributed by atoms with Crippen LogP contribution in [0.5, 0.6) is 0 Å². The zero-order valence-electron chi connectivity index (χ0n) is 11.0. The Labute approximate surface area is 113 Å². The second-order valence-corrected chi connectivity index (χ2v) is 4.83. The molecule has 0 fully saturated rings. The molecule has 2 nitrogen and oxygen atoms in total. The number of hydrogen-bond acceptors (Lipinski definition) is 2. The zero-order valence-corrected chi connectivity index (χ0v) is 11.8. The number of aliphatic hydroxyl groups excluding tert-OH is 1. The van der Waals surface area contributed by atoms with E-state index in [0.29, 0.717) is 12.8 Å². The maximum Gasteiger partial charge on any atom is 0.142 e. The minimum absolute atomic E-state index is 0.122. The molecule has 1 N–H and O–H groups in total. The summed E-state index contributed by atoms with van der Waals surface area (Å²) >= 11 is 5.61. The molecular formula is C14H21ClFNO. The molecule has 102 valence electrons. The Hall–Kier alpha value is -0.640. The lowest BCUT2D eigenvalue weighted by Gasteiger charge is -2.20. The highest BCUT2D eigenvalue weighted by molar-refractivity contribution is 6.30. The van der Waals surface area contributed by atoms with Crippen LogP contribution in [0.15, 0.2) is 18.2 Å². The van der Waals surface area contributed by atoms with Gasteiger partial charge in [0.05, 0.1) is 11.1 Å². The van der Waals surface area contributed by atoms with E-state index in [1.54, 1.807) is 6.07 Å². The van der Waals surface area contributed by atoms with Crippen molar-refractivity contribution in [1.29, 1.82) is 0 Å². The Bertz CT molecular complexity index is 369. The normalized spacial score (nSPS) is 13.0. The SMILES string of the molecule is CCN(CC)CCC(O)Cc1ccc(Cl)c(F)c1. The fourth-order valence-corrected chi connectivity index (χ4v) is 2.03. The maximum absolute atomic E-state index is 13.2. The Morgan fingerprint density at radius 1 is 1.33 bits per heavy atom. The van der Waals surface area contributed by atoms with Gasteiger partial charge in [0.2, 0.25) is 0 Å². The second-order valence-electron chi connectivity index (χ2n) is 4.42. The highest BCUT2D eigenvalue weighted by atomic mass is 35.5. The quantitative estimate of drug-likeness (QED) is 0.825. The van der Waals surface area contributed by atoms with Crippen molar-refractivity contribution in [1.82, 2.24) is 4.90 Å². The van der Waals surface area contributed by atoms with E-state index in [2.05, 4.69) is 18.7 Å². The lowest BCUT2D eigenvalue weighted by atomic mass is 10.1. The zero-order chi connectivity index (χ0) is 13.5. The van der Waals surface area contributed by atoms with Gasteiger partial charge in [0.1, 0.15) is 5.82 Å². The molecule has 4 heteroatoms. The predicted octanol–water partition coefficient (Wildman–Crippen LogP) is 3.11. The van der Waals surface area contributed by atoms with Crippen molar-refractivity contribution >= 4 is 11.6 Å². The molecule has 0 bridgehead atoms. The molecule has 0 aliphatic rings. The maximum atomic E-state index is 13.2. The summed E-state index contributed by atoms with van der Waals surface area (Å²) in [5, 5.41) is 10.0. The lowest BCUT2D eigenvalue weighted by Crippen LogP contribution is -2.27. The van der Waals surface area contributed by atoms with Crippen LogP contribution in [0.25, 0.3) is 0 Å². The highest BCUT2D eigenvalue weighted by Gasteiger charge is 2.09. The molecule has 18 heavy (non-hydrogen) atoms. The van der Waals surface area contributed by atoms with Crippen molar-refractivity contribution in [3.63, 3.8) is 0 Å². The minimum atomic E-state index is -0.439. The molecule has 0 spiro atoms.